The highest BCUT2D eigenvalue weighted by atomic mass is 16.3. The zero-order chi connectivity index (χ0) is 36.0. The maximum atomic E-state index is 6.60. The molecule has 53 heavy (non-hydrogen) atoms. The second-order valence-corrected chi connectivity index (χ2v) is 13.2. The third kappa shape index (κ3) is 4.82. The predicted molar refractivity (Wildman–Crippen MR) is 222 cm³/mol. The van der Waals surface area contributed by atoms with Crippen LogP contribution < -0.4 is 27.3 Å². The largest absolute Gasteiger partial charge is 0.455 e. The number of aromatic nitrogens is 4. The molecule has 0 aliphatic heterocycles. The minimum atomic E-state index is 0.105. The Bertz CT molecular complexity index is 3070. The third-order valence-electron chi connectivity index (χ3n) is 10.1. The van der Waals surface area contributed by atoms with E-state index in [1.165, 1.54) is 10.8 Å². The van der Waals surface area contributed by atoms with Gasteiger partial charge in [0.25, 0.3) is 0 Å². The van der Waals surface area contributed by atoms with Crippen molar-refractivity contribution in [2.24, 2.45) is 0 Å². The van der Waals surface area contributed by atoms with Crippen molar-refractivity contribution < 1.29 is 4.42 Å². The topological polar surface area (TPSA) is 56.7 Å². The van der Waals surface area contributed by atoms with Crippen molar-refractivity contribution in [3.63, 3.8) is 0 Å². The molecule has 0 amide bonds. The molecule has 5 nitrogen and oxygen atoms in total. The first-order chi connectivity index (χ1) is 25.9. The van der Waals surface area contributed by atoms with Crippen LogP contribution in [0.15, 0.2) is 132 Å². The molecule has 0 spiro atoms. The van der Waals surface area contributed by atoms with Crippen LogP contribution in [-0.4, -0.2) is 58.8 Å². The van der Waals surface area contributed by atoms with Gasteiger partial charge in [-0.15, -0.1) is 16.4 Å². The van der Waals surface area contributed by atoms with E-state index in [0.717, 1.165) is 49.3 Å². The van der Waals surface area contributed by atoms with Gasteiger partial charge in [0.05, 0.1) is 16.6 Å². The molecule has 0 atom stereocenters. The number of rotatable bonds is 4. The lowest BCUT2D eigenvalue weighted by Gasteiger charge is -2.21. The molecule has 10 rings (SSSR count). The second kappa shape index (κ2) is 11.9. The lowest BCUT2D eigenvalue weighted by Crippen LogP contribution is -2.55. The molecular weight excluding hydrogens is 643 g/mol. The van der Waals surface area contributed by atoms with Crippen LogP contribution >= 0.6 is 0 Å². The summed E-state index contributed by atoms with van der Waals surface area (Å²) in [6.07, 6.45) is 0. The zero-order valence-electron chi connectivity index (χ0n) is 28.2. The van der Waals surface area contributed by atoms with Gasteiger partial charge < -0.3 is 4.42 Å². The van der Waals surface area contributed by atoms with Gasteiger partial charge in [0.1, 0.15) is 50.4 Å². The van der Waals surface area contributed by atoms with E-state index in [4.69, 9.17) is 58.6 Å². The molecule has 0 unspecified atom stereocenters. The molecule has 3 heterocycles. The molecule has 234 valence electrons. The van der Waals surface area contributed by atoms with Gasteiger partial charge in [-0.25, -0.2) is 4.98 Å². The Labute approximate surface area is 311 Å². The molecule has 10 radical (unpaired) electrons. The molecule has 10 aromatic rings. The summed E-state index contributed by atoms with van der Waals surface area (Å²) in [6.45, 7) is 0. The van der Waals surface area contributed by atoms with Crippen molar-refractivity contribution >= 4 is 121 Å². The quantitative estimate of drug-likeness (QED) is 0.249. The Balaban J connectivity index is 1.23. The normalized spacial score (nSPS) is 11.8. The number of fused-ring (bicyclic) bond motifs is 7. The second-order valence-electron chi connectivity index (χ2n) is 13.2. The van der Waals surface area contributed by atoms with E-state index in [-0.39, 0.29) is 38.7 Å². The van der Waals surface area contributed by atoms with Crippen LogP contribution in [-0.2, 0) is 0 Å². The highest BCUT2D eigenvalue weighted by Crippen LogP contribution is 2.38. The molecular formula is C43H21B5N4O. The van der Waals surface area contributed by atoms with Crippen molar-refractivity contribution in [1.82, 2.24) is 19.5 Å². The van der Waals surface area contributed by atoms with Gasteiger partial charge in [-0.2, -0.15) is 9.97 Å². The lowest BCUT2D eigenvalue weighted by atomic mass is 9.60. The maximum absolute atomic E-state index is 6.60. The fourth-order valence-electron chi connectivity index (χ4n) is 7.45. The molecule has 0 fully saturated rings. The summed E-state index contributed by atoms with van der Waals surface area (Å²) < 4.78 is 8.61. The lowest BCUT2D eigenvalue weighted by molar-refractivity contribution is 0.669. The SMILES string of the molecule is [B]c1c([B])c([B])c(-c2nc(-c3cccc4c3oc3ccc(-c5ccc6ccccc6c5)cc34)nc(-n3c4ccccc4c4ccccc43)n2)c([B])c1[B]. The van der Waals surface area contributed by atoms with Gasteiger partial charge in [-0.3, -0.25) is 4.57 Å². The molecule has 7 aromatic carbocycles. The molecule has 0 aliphatic rings. The maximum Gasteiger partial charge on any atom is 0.238 e. The van der Waals surface area contributed by atoms with Crippen LogP contribution in [0, 0.1) is 0 Å². The van der Waals surface area contributed by atoms with Crippen LogP contribution in [0.25, 0.3) is 94.4 Å². The Kier molecular flexibility index (Phi) is 7.06. The fourth-order valence-corrected chi connectivity index (χ4v) is 7.45. The standard InChI is InChI=1S/C43H21B5N4O/c44-35-34(36(45)38(47)39(48)37(35)46)42-49-41(50-43(51-42)52-31-14-5-3-10-26(31)27-11-4-6-15-32(27)52)29-13-7-12-28-30-21-25(18-19-33(30)53-40(28)29)24-17-16-22-8-1-2-9-23(22)20-24/h1-21H. The van der Waals surface area contributed by atoms with Crippen LogP contribution in [0.4, 0.5) is 0 Å². The summed E-state index contributed by atoms with van der Waals surface area (Å²) in [4.78, 5) is 15.1. The summed E-state index contributed by atoms with van der Waals surface area (Å²) in [6, 6.07) is 43.3. The highest BCUT2D eigenvalue weighted by Gasteiger charge is 2.22. The van der Waals surface area contributed by atoms with Crippen molar-refractivity contribution in [3.05, 3.63) is 127 Å². The van der Waals surface area contributed by atoms with Gasteiger partial charge in [0, 0.05) is 27.1 Å². The summed E-state index contributed by atoms with van der Waals surface area (Å²) in [7, 11) is 32.0. The van der Waals surface area contributed by atoms with E-state index in [1.807, 2.05) is 65.2 Å². The van der Waals surface area contributed by atoms with E-state index in [1.54, 1.807) is 0 Å². The summed E-state index contributed by atoms with van der Waals surface area (Å²) >= 11 is 0. The minimum absolute atomic E-state index is 0.105. The Morgan fingerprint density at radius 2 is 1.04 bits per heavy atom. The van der Waals surface area contributed by atoms with E-state index >= 15 is 0 Å². The molecule has 3 aromatic heterocycles. The average molecular weight is 664 g/mol. The molecule has 10 heteroatoms. The molecule has 0 aliphatic carbocycles. The number of furan rings is 1. The fraction of sp³-hybridized carbons (Fsp3) is 0. The van der Waals surface area contributed by atoms with Crippen molar-refractivity contribution in [3.8, 4) is 39.9 Å². The van der Waals surface area contributed by atoms with E-state index < -0.39 is 0 Å². The van der Waals surface area contributed by atoms with E-state index in [9.17, 15) is 0 Å². The first-order valence-electron chi connectivity index (χ1n) is 17.1. The molecule has 0 N–H and O–H groups in total. The molecule has 0 bridgehead atoms. The zero-order valence-corrected chi connectivity index (χ0v) is 28.2. The Morgan fingerprint density at radius 3 is 1.77 bits per heavy atom. The van der Waals surface area contributed by atoms with E-state index in [2.05, 4.69) is 66.7 Å². The predicted octanol–water partition coefficient (Wildman–Crippen LogP) is 4.99. The summed E-state index contributed by atoms with van der Waals surface area (Å²) in [5.41, 5.74) is 6.89. The smallest absolute Gasteiger partial charge is 0.238 e. The van der Waals surface area contributed by atoms with Gasteiger partial charge >= 0.3 is 0 Å². The molecule has 0 saturated heterocycles. The number of para-hydroxylation sites is 3. The first-order valence-corrected chi connectivity index (χ1v) is 17.1. The van der Waals surface area contributed by atoms with Gasteiger partial charge in [0.15, 0.2) is 11.6 Å². The summed E-state index contributed by atoms with van der Waals surface area (Å²) in [5, 5.41) is 6.36. The Hall–Kier alpha value is -6.27. The van der Waals surface area contributed by atoms with Gasteiger partial charge in [-0.05, 0) is 58.3 Å². The number of nitrogens with zero attached hydrogens (tertiary/aromatic N) is 4. The number of hydrogen-bond donors (Lipinski definition) is 0. The monoisotopic (exact) mass is 664 g/mol. The third-order valence-corrected chi connectivity index (χ3v) is 10.1. The highest BCUT2D eigenvalue weighted by molar-refractivity contribution is 6.68. The molecule has 0 saturated carbocycles. The van der Waals surface area contributed by atoms with Crippen LogP contribution in [0.5, 0.6) is 0 Å². The van der Waals surface area contributed by atoms with Crippen molar-refractivity contribution in [1.29, 1.82) is 0 Å². The van der Waals surface area contributed by atoms with Crippen molar-refractivity contribution in [2.45, 2.75) is 0 Å². The van der Waals surface area contributed by atoms with E-state index in [0.29, 0.717) is 22.9 Å². The van der Waals surface area contributed by atoms with Crippen LogP contribution in [0.3, 0.4) is 0 Å². The number of hydrogen-bond acceptors (Lipinski definition) is 4. The van der Waals surface area contributed by atoms with Crippen LogP contribution in [0.2, 0.25) is 0 Å². The van der Waals surface area contributed by atoms with Gasteiger partial charge in [0.2, 0.25) is 5.95 Å². The van der Waals surface area contributed by atoms with Crippen LogP contribution in [0.1, 0.15) is 0 Å². The minimum Gasteiger partial charge on any atom is -0.455 e. The first kappa shape index (κ1) is 31.5. The Morgan fingerprint density at radius 1 is 0.453 bits per heavy atom. The van der Waals surface area contributed by atoms with Crippen molar-refractivity contribution in [2.75, 3.05) is 0 Å². The summed E-state index contributed by atoms with van der Waals surface area (Å²) in [5.74, 6) is 0.882. The average Bonchev–Trinajstić information content (AvgIpc) is 3.75. The number of benzene rings is 7. The van der Waals surface area contributed by atoms with Gasteiger partial charge in [-0.1, -0.05) is 102 Å².